The van der Waals surface area contributed by atoms with Crippen LogP contribution < -0.4 is 4.74 Å². The van der Waals surface area contributed by atoms with E-state index in [-0.39, 0.29) is 18.9 Å². The molecule has 32 heavy (non-hydrogen) atoms. The summed E-state index contributed by atoms with van der Waals surface area (Å²) in [6, 6.07) is 0.411. The second kappa shape index (κ2) is 9.68. The van der Waals surface area contributed by atoms with Crippen LogP contribution in [-0.4, -0.2) is 37.9 Å². The van der Waals surface area contributed by atoms with Crippen LogP contribution in [0.15, 0.2) is 36.4 Å². The zero-order valence-corrected chi connectivity index (χ0v) is 18.3. The number of methoxy groups -OCH3 is 1. The molecule has 1 aromatic rings. The van der Waals surface area contributed by atoms with Crippen molar-refractivity contribution in [2.24, 2.45) is 5.41 Å². The Kier molecular flexibility index (Phi) is 7.86. The first-order valence-electron chi connectivity index (χ1n) is 10.2. The van der Waals surface area contributed by atoms with Gasteiger partial charge in [-0.3, -0.25) is 4.79 Å². The maximum Gasteiger partial charge on any atom is 0.417 e. The lowest BCUT2D eigenvalue weighted by Crippen LogP contribution is -2.42. The number of benzene rings is 1. The molecule has 9 heteroatoms. The van der Waals surface area contributed by atoms with Crippen LogP contribution in [0.3, 0.4) is 0 Å². The van der Waals surface area contributed by atoms with E-state index in [0.717, 1.165) is 32.1 Å². The van der Waals surface area contributed by atoms with Gasteiger partial charge in [-0.2, -0.15) is 26.3 Å². The highest BCUT2D eigenvalue weighted by Crippen LogP contribution is 2.45. The molecule has 0 aromatic heterocycles. The third kappa shape index (κ3) is 5.54. The molecule has 1 atom stereocenters. The lowest BCUT2D eigenvalue weighted by molar-refractivity contribution is -0.143. The summed E-state index contributed by atoms with van der Waals surface area (Å²) in [7, 11) is 2.87. The highest BCUT2D eigenvalue weighted by atomic mass is 19.4. The summed E-state index contributed by atoms with van der Waals surface area (Å²) in [5.74, 6) is -1.64. The number of piperidine rings is 1. The van der Waals surface area contributed by atoms with Gasteiger partial charge < -0.3 is 9.64 Å². The van der Waals surface area contributed by atoms with E-state index >= 15 is 0 Å². The van der Waals surface area contributed by atoms with Crippen LogP contribution in [0.25, 0.3) is 0 Å². The number of carbonyl (C=O) groups excluding carboxylic acids is 1. The minimum absolute atomic E-state index is 0.0268. The minimum atomic E-state index is -5.15. The Morgan fingerprint density at radius 3 is 2.34 bits per heavy atom. The molecule has 1 aliphatic rings. The highest BCUT2D eigenvalue weighted by Gasteiger charge is 2.42. The van der Waals surface area contributed by atoms with E-state index in [0.29, 0.717) is 12.6 Å². The van der Waals surface area contributed by atoms with Crippen LogP contribution in [0, 0.1) is 5.41 Å². The Morgan fingerprint density at radius 2 is 1.88 bits per heavy atom. The molecule has 1 aliphatic heterocycles. The molecule has 0 aliphatic carbocycles. The molecule has 0 N–H and O–H groups in total. The van der Waals surface area contributed by atoms with Crippen molar-refractivity contribution in [1.29, 1.82) is 0 Å². The number of nitrogens with zero attached hydrogens (tertiary/aromatic N) is 1. The average Bonchev–Trinajstić information content (AvgIpc) is 2.70. The number of carbonyl (C=O) groups is 1. The normalized spacial score (nSPS) is 20.8. The molecule has 1 heterocycles. The fourth-order valence-electron chi connectivity index (χ4n) is 4.52. The van der Waals surface area contributed by atoms with E-state index in [1.165, 1.54) is 0 Å². The molecule has 1 saturated heterocycles. The smallest absolute Gasteiger partial charge is 0.417 e. The van der Waals surface area contributed by atoms with Gasteiger partial charge >= 0.3 is 12.4 Å². The first kappa shape index (κ1) is 26.0. The van der Waals surface area contributed by atoms with Crippen molar-refractivity contribution in [3.63, 3.8) is 0 Å². The van der Waals surface area contributed by atoms with Crippen molar-refractivity contribution in [3.05, 3.63) is 53.1 Å². The lowest BCUT2D eigenvalue weighted by Gasteiger charge is -2.43. The van der Waals surface area contributed by atoms with Gasteiger partial charge in [0.2, 0.25) is 0 Å². The zero-order valence-electron chi connectivity index (χ0n) is 18.3. The zero-order chi connectivity index (χ0) is 24.3. The number of Topliss-reactive ketones (excluding diaryl/α,β-unsaturated/α-hetero) is 1. The third-order valence-electron chi connectivity index (χ3n) is 5.98. The summed E-state index contributed by atoms with van der Waals surface area (Å²) in [4.78, 5) is 15.1. The first-order chi connectivity index (χ1) is 14.8. The lowest BCUT2D eigenvalue weighted by atomic mass is 9.70. The Labute approximate surface area is 183 Å². The first-order valence-corrected chi connectivity index (χ1v) is 10.2. The van der Waals surface area contributed by atoms with Crippen LogP contribution >= 0.6 is 0 Å². The van der Waals surface area contributed by atoms with E-state index < -0.39 is 46.0 Å². The molecule has 0 bridgehead atoms. The molecule has 1 aromatic carbocycles. The Morgan fingerprint density at radius 1 is 1.22 bits per heavy atom. The summed E-state index contributed by atoms with van der Waals surface area (Å²) in [5.41, 5.74) is -3.61. The van der Waals surface area contributed by atoms with Gasteiger partial charge in [-0.25, -0.2) is 0 Å². The molecule has 0 saturated carbocycles. The predicted octanol–water partition coefficient (Wildman–Crippen LogP) is 6.54. The van der Waals surface area contributed by atoms with Gasteiger partial charge in [-0.15, -0.1) is 0 Å². The standard InChI is InChI=1S/C23H27F6NO2/c1-5-15(6-2)21(9-7-11-30(3)14-21)10-8-18(31)20-17(23(27,28)29)12-16(22(24,25)26)13-19(20)32-4/h5-6,12-13H,1,7-11,14H2,2-4H3/b15-6+/t21-/m0/s1. The number of hydrogen-bond acceptors (Lipinski definition) is 3. The number of rotatable bonds is 7. The van der Waals surface area contributed by atoms with Gasteiger partial charge in [-0.1, -0.05) is 18.7 Å². The Bertz CT molecular complexity index is 888. The number of likely N-dealkylation sites (tertiary alicyclic amines) is 1. The van der Waals surface area contributed by atoms with E-state index in [2.05, 4.69) is 11.5 Å². The fraction of sp³-hybridized carbons (Fsp3) is 0.522. The van der Waals surface area contributed by atoms with Gasteiger partial charge in [-0.05, 0) is 57.5 Å². The second-order valence-electron chi connectivity index (χ2n) is 8.09. The van der Waals surface area contributed by atoms with Crippen LogP contribution in [0.1, 0.15) is 54.1 Å². The van der Waals surface area contributed by atoms with Crippen LogP contribution in [0.5, 0.6) is 5.75 Å². The SMILES string of the molecule is C=C/C(=C\C)[C@]1(CCC(=O)c2c(OC)cc(C(F)(F)F)cc2C(F)(F)F)CCCN(C)C1. The van der Waals surface area contributed by atoms with Crippen molar-refractivity contribution in [2.45, 2.75) is 45.0 Å². The van der Waals surface area contributed by atoms with E-state index in [1.54, 1.807) is 6.08 Å². The molecule has 0 unspecified atom stereocenters. The van der Waals surface area contributed by atoms with E-state index in [4.69, 9.17) is 4.74 Å². The molecule has 178 valence electrons. The van der Waals surface area contributed by atoms with Gasteiger partial charge in [0.05, 0.1) is 23.8 Å². The summed E-state index contributed by atoms with van der Waals surface area (Å²) >= 11 is 0. The molecule has 2 rings (SSSR count). The molecule has 0 spiro atoms. The van der Waals surface area contributed by atoms with Crippen LogP contribution in [0.2, 0.25) is 0 Å². The monoisotopic (exact) mass is 463 g/mol. The second-order valence-corrected chi connectivity index (χ2v) is 8.09. The molecule has 3 nitrogen and oxygen atoms in total. The number of allylic oxidation sites excluding steroid dienone is 2. The molecule has 0 amide bonds. The van der Waals surface area contributed by atoms with Gasteiger partial charge in [0.1, 0.15) is 5.75 Å². The number of ketones is 1. The summed E-state index contributed by atoms with van der Waals surface area (Å²) in [6.45, 7) is 7.11. The van der Waals surface area contributed by atoms with Crippen molar-refractivity contribution in [1.82, 2.24) is 4.90 Å². The van der Waals surface area contributed by atoms with Crippen molar-refractivity contribution >= 4 is 5.78 Å². The minimum Gasteiger partial charge on any atom is -0.496 e. The maximum absolute atomic E-state index is 13.6. The largest absolute Gasteiger partial charge is 0.496 e. The molecule has 0 radical (unpaired) electrons. The Balaban J connectivity index is 2.49. The highest BCUT2D eigenvalue weighted by molar-refractivity contribution is 6.00. The quantitative estimate of drug-likeness (QED) is 0.261. The fourth-order valence-corrected chi connectivity index (χ4v) is 4.52. The summed E-state index contributed by atoms with van der Waals surface area (Å²) < 4.78 is 85.1. The van der Waals surface area contributed by atoms with Gasteiger partial charge in [0.15, 0.2) is 5.78 Å². The molecular weight excluding hydrogens is 436 g/mol. The Hall–Kier alpha value is -2.29. The number of hydrogen-bond donors (Lipinski definition) is 0. The number of halogens is 6. The molecule has 1 fully saturated rings. The van der Waals surface area contributed by atoms with Gasteiger partial charge in [0, 0.05) is 18.4 Å². The summed E-state index contributed by atoms with van der Waals surface area (Å²) in [5, 5.41) is 0. The van der Waals surface area contributed by atoms with Crippen LogP contribution in [0.4, 0.5) is 26.3 Å². The number of ether oxygens (including phenoxy) is 1. The van der Waals surface area contributed by atoms with Crippen molar-refractivity contribution < 1.29 is 35.9 Å². The summed E-state index contributed by atoms with van der Waals surface area (Å²) in [6.07, 6.45) is -5.08. The van der Waals surface area contributed by atoms with Crippen LogP contribution in [-0.2, 0) is 12.4 Å². The van der Waals surface area contributed by atoms with Gasteiger partial charge in [0.25, 0.3) is 0 Å². The van der Waals surface area contributed by atoms with E-state index in [9.17, 15) is 31.1 Å². The van der Waals surface area contributed by atoms with Crippen molar-refractivity contribution in [2.75, 3.05) is 27.2 Å². The maximum atomic E-state index is 13.6. The molecular formula is C23H27F6NO2. The van der Waals surface area contributed by atoms with Crippen molar-refractivity contribution in [3.8, 4) is 5.75 Å². The average molecular weight is 463 g/mol. The number of alkyl halides is 6. The predicted molar refractivity (Wildman–Crippen MR) is 110 cm³/mol. The topological polar surface area (TPSA) is 29.5 Å². The van der Waals surface area contributed by atoms with E-state index in [1.807, 2.05) is 20.0 Å². The third-order valence-corrected chi connectivity index (χ3v) is 5.98.